The summed E-state index contributed by atoms with van der Waals surface area (Å²) in [6, 6.07) is 13.9. The van der Waals surface area contributed by atoms with Gasteiger partial charge in [0.2, 0.25) is 0 Å². The SMILES string of the molecule is COc1ccc(C(=C2C3CC4CC(C3)CC2C4)c2ccc(Br)c(F)c2)cc1. The van der Waals surface area contributed by atoms with Crippen molar-refractivity contribution in [2.24, 2.45) is 23.7 Å². The largest absolute Gasteiger partial charge is 0.497 e. The Morgan fingerprint density at radius 2 is 1.48 bits per heavy atom. The Hall–Kier alpha value is -1.61. The topological polar surface area (TPSA) is 9.23 Å². The van der Waals surface area contributed by atoms with Crippen LogP contribution < -0.4 is 4.74 Å². The maximum Gasteiger partial charge on any atom is 0.137 e. The zero-order valence-corrected chi connectivity index (χ0v) is 17.1. The molecule has 0 spiro atoms. The molecule has 2 aromatic rings. The molecule has 4 aliphatic carbocycles. The van der Waals surface area contributed by atoms with Crippen molar-refractivity contribution in [3.05, 3.63) is 69.5 Å². The Kier molecular flexibility index (Phi) is 4.39. The second-order valence-electron chi connectivity index (χ2n) is 8.49. The molecule has 2 aromatic carbocycles. The molecule has 27 heavy (non-hydrogen) atoms. The van der Waals surface area contributed by atoms with E-state index >= 15 is 0 Å². The third-order valence-electron chi connectivity index (χ3n) is 6.89. The molecule has 0 saturated heterocycles. The molecule has 0 atom stereocenters. The van der Waals surface area contributed by atoms with E-state index in [-0.39, 0.29) is 5.82 Å². The van der Waals surface area contributed by atoms with Gasteiger partial charge in [-0.05, 0) is 113 Å². The van der Waals surface area contributed by atoms with Crippen molar-refractivity contribution >= 4 is 21.5 Å². The molecule has 4 aliphatic rings. The van der Waals surface area contributed by atoms with Gasteiger partial charge in [0.25, 0.3) is 0 Å². The Morgan fingerprint density at radius 3 is 2.04 bits per heavy atom. The number of ether oxygens (including phenoxy) is 1. The number of methoxy groups -OCH3 is 1. The number of allylic oxidation sites excluding steroid dienone is 1. The zero-order valence-electron chi connectivity index (χ0n) is 15.6. The van der Waals surface area contributed by atoms with Gasteiger partial charge in [0.05, 0.1) is 11.6 Å². The molecule has 4 fully saturated rings. The number of hydrogen-bond donors (Lipinski definition) is 0. The lowest BCUT2D eigenvalue weighted by Crippen LogP contribution is -2.40. The highest BCUT2D eigenvalue weighted by molar-refractivity contribution is 9.10. The molecule has 6 rings (SSSR count). The predicted molar refractivity (Wildman–Crippen MR) is 110 cm³/mol. The predicted octanol–water partition coefficient (Wildman–Crippen LogP) is 6.85. The third kappa shape index (κ3) is 3.04. The summed E-state index contributed by atoms with van der Waals surface area (Å²) in [6.07, 6.45) is 6.72. The van der Waals surface area contributed by atoms with Gasteiger partial charge in [-0.2, -0.15) is 0 Å². The summed E-state index contributed by atoms with van der Waals surface area (Å²) in [4.78, 5) is 0. The standard InChI is InChI=1S/C24H24BrFO/c1-27-20-5-2-16(3-6-20)23(17-4-7-21(25)22(26)13-17)24-18-9-14-8-15(11-18)12-19(24)10-14/h2-7,13-15,18-19H,8-12H2,1H3. The van der Waals surface area contributed by atoms with E-state index in [1.165, 1.54) is 43.2 Å². The van der Waals surface area contributed by atoms with Gasteiger partial charge >= 0.3 is 0 Å². The molecule has 4 saturated carbocycles. The molecule has 0 amide bonds. The molecular formula is C24H24BrFO. The molecule has 0 unspecified atom stereocenters. The van der Waals surface area contributed by atoms with E-state index in [0.717, 1.165) is 23.1 Å². The molecular weight excluding hydrogens is 403 g/mol. The van der Waals surface area contributed by atoms with E-state index in [1.54, 1.807) is 18.7 Å². The maximum atomic E-state index is 14.4. The minimum atomic E-state index is -0.192. The van der Waals surface area contributed by atoms with Crippen molar-refractivity contribution in [1.29, 1.82) is 0 Å². The maximum absolute atomic E-state index is 14.4. The van der Waals surface area contributed by atoms with Crippen LogP contribution >= 0.6 is 15.9 Å². The van der Waals surface area contributed by atoms with Gasteiger partial charge in [-0.1, -0.05) is 23.8 Å². The van der Waals surface area contributed by atoms with Crippen LogP contribution in [0.4, 0.5) is 4.39 Å². The van der Waals surface area contributed by atoms with Crippen LogP contribution in [0.5, 0.6) is 5.75 Å². The van der Waals surface area contributed by atoms with E-state index in [0.29, 0.717) is 16.3 Å². The van der Waals surface area contributed by atoms with Gasteiger partial charge < -0.3 is 4.74 Å². The summed E-state index contributed by atoms with van der Waals surface area (Å²) in [6.45, 7) is 0. The number of benzene rings is 2. The lowest BCUT2D eigenvalue weighted by atomic mass is 9.53. The fourth-order valence-electron chi connectivity index (χ4n) is 6.01. The van der Waals surface area contributed by atoms with Gasteiger partial charge in [-0.3, -0.25) is 0 Å². The third-order valence-corrected chi connectivity index (χ3v) is 7.54. The first-order valence-electron chi connectivity index (χ1n) is 9.96. The Labute approximate surface area is 168 Å². The number of hydrogen-bond acceptors (Lipinski definition) is 1. The molecule has 3 heteroatoms. The summed E-state index contributed by atoms with van der Waals surface area (Å²) >= 11 is 3.30. The summed E-state index contributed by atoms with van der Waals surface area (Å²) in [5, 5.41) is 0. The molecule has 0 aromatic heterocycles. The molecule has 0 radical (unpaired) electrons. The van der Waals surface area contributed by atoms with E-state index in [4.69, 9.17) is 4.74 Å². The van der Waals surface area contributed by atoms with E-state index in [2.05, 4.69) is 34.1 Å². The summed E-state index contributed by atoms with van der Waals surface area (Å²) in [7, 11) is 1.69. The molecule has 140 valence electrons. The second kappa shape index (κ2) is 6.77. The van der Waals surface area contributed by atoms with Crippen LogP contribution in [0, 0.1) is 29.5 Å². The average Bonchev–Trinajstić information content (AvgIpc) is 2.67. The smallest absolute Gasteiger partial charge is 0.137 e. The van der Waals surface area contributed by atoms with Crippen LogP contribution in [0.3, 0.4) is 0 Å². The Bertz CT molecular complexity index is 869. The molecule has 0 heterocycles. The van der Waals surface area contributed by atoms with Crippen molar-refractivity contribution in [2.45, 2.75) is 32.1 Å². The lowest BCUT2D eigenvalue weighted by Gasteiger charge is -2.52. The van der Waals surface area contributed by atoms with E-state index in [9.17, 15) is 4.39 Å². The molecule has 0 aliphatic heterocycles. The van der Waals surface area contributed by atoms with Crippen LogP contribution in [0.2, 0.25) is 0 Å². The minimum absolute atomic E-state index is 0.192. The summed E-state index contributed by atoms with van der Waals surface area (Å²) in [5.41, 5.74) is 5.04. The highest BCUT2D eigenvalue weighted by atomic mass is 79.9. The van der Waals surface area contributed by atoms with Crippen LogP contribution in [-0.4, -0.2) is 7.11 Å². The van der Waals surface area contributed by atoms with Gasteiger partial charge in [-0.25, -0.2) is 4.39 Å². The minimum Gasteiger partial charge on any atom is -0.497 e. The first-order valence-corrected chi connectivity index (χ1v) is 10.8. The first-order chi connectivity index (χ1) is 13.1. The molecule has 0 N–H and O–H groups in total. The quantitative estimate of drug-likeness (QED) is 0.520. The van der Waals surface area contributed by atoms with Crippen LogP contribution in [0.1, 0.15) is 43.2 Å². The van der Waals surface area contributed by atoms with Gasteiger partial charge in [0.1, 0.15) is 11.6 Å². The Morgan fingerprint density at radius 1 is 0.889 bits per heavy atom. The highest BCUT2D eigenvalue weighted by Crippen LogP contribution is 2.58. The molecule has 4 bridgehead atoms. The normalized spacial score (nSPS) is 28.5. The van der Waals surface area contributed by atoms with Crippen molar-refractivity contribution in [3.63, 3.8) is 0 Å². The zero-order chi connectivity index (χ0) is 18.5. The fraction of sp³-hybridized carbons (Fsp3) is 0.417. The van der Waals surface area contributed by atoms with Crippen molar-refractivity contribution in [3.8, 4) is 5.75 Å². The lowest BCUT2D eigenvalue weighted by molar-refractivity contribution is 0.0705. The first kappa shape index (κ1) is 17.5. The highest BCUT2D eigenvalue weighted by Gasteiger charge is 2.46. The van der Waals surface area contributed by atoms with Crippen LogP contribution in [0.25, 0.3) is 5.57 Å². The monoisotopic (exact) mass is 426 g/mol. The van der Waals surface area contributed by atoms with Gasteiger partial charge in [-0.15, -0.1) is 0 Å². The van der Waals surface area contributed by atoms with E-state index in [1.807, 2.05) is 18.2 Å². The van der Waals surface area contributed by atoms with Crippen LogP contribution in [0.15, 0.2) is 52.5 Å². The van der Waals surface area contributed by atoms with Crippen molar-refractivity contribution in [2.75, 3.05) is 7.11 Å². The summed E-state index contributed by atoms with van der Waals surface area (Å²) in [5.74, 6) is 3.83. The average molecular weight is 427 g/mol. The Balaban J connectivity index is 1.69. The fourth-order valence-corrected chi connectivity index (χ4v) is 6.26. The second-order valence-corrected chi connectivity index (χ2v) is 9.35. The van der Waals surface area contributed by atoms with Gasteiger partial charge in [0, 0.05) is 0 Å². The van der Waals surface area contributed by atoms with Crippen molar-refractivity contribution < 1.29 is 9.13 Å². The number of halogens is 2. The van der Waals surface area contributed by atoms with Gasteiger partial charge in [0.15, 0.2) is 0 Å². The molecule has 1 nitrogen and oxygen atoms in total. The number of rotatable bonds is 3. The summed E-state index contributed by atoms with van der Waals surface area (Å²) < 4.78 is 20.3. The van der Waals surface area contributed by atoms with Crippen molar-refractivity contribution in [1.82, 2.24) is 0 Å². The van der Waals surface area contributed by atoms with E-state index < -0.39 is 0 Å². The van der Waals surface area contributed by atoms with Crippen LogP contribution in [-0.2, 0) is 0 Å².